The molecule has 0 saturated heterocycles. The highest BCUT2D eigenvalue weighted by atomic mass is 16.4. The van der Waals surface area contributed by atoms with E-state index in [9.17, 15) is 14.7 Å². The van der Waals surface area contributed by atoms with Gasteiger partial charge in [-0.15, -0.1) is 0 Å². The number of hydrogen-bond acceptors (Lipinski definition) is 4. The van der Waals surface area contributed by atoms with Gasteiger partial charge in [0, 0.05) is 12.4 Å². The number of carbonyl (C=O) groups is 2. The molecule has 76 valence electrons. The predicted octanol–water partition coefficient (Wildman–Crippen LogP) is -0.397. The number of rotatable bonds is 7. The average molecular weight is 186 g/mol. The zero-order valence-corrected chi connectivity index (χ0v) is 7.91. The minimum Gasteiger partial charge on any atom is -0.550 e. The van der Waals surface area contributed by atoms with Gasteiger partial charge in [-0.2, -0.15) is 0 Å². The summed E-state index contributed by atoms with van der Waals surface area (Å²) in [4.78, 5) is 21.0. The van der Waals surface area contributed by atoms with Gasteiger partial charge < -0.3 is 15.6 Å². The van der Waals surface area contributed by atoms with E-state index >= 15 is 0 Å². The first kappa shape index (κ1) is 12.1. The van der Waals surface area contributed by atoms with Gasteiger partial charge in [0.2, 0.25) is 0 Å². The van der Waals surface area contributed by atoms with Crippen LogP contribution in [0.3, 0.4) is 0 Å². The number of carbonyl (C=O) groups excluding carboxylic acids is 2. The number of Topliss-reactive ketones (excluding diaryl/α,β-unsaturated/α-hetero) is 1. The van der Waals surface area contributed by atoms with Crippen molar-refractivity contribution in [3.8, 4) is 0 Å². The molecule has 0 aromatic carbocycles. The summed E-state index contributed by atoms with van der Waals surface area (Å²) in [6.07, 6.45) is 2.56. The normalized spacial score (nSPS) is 12.5. The average Bonchev–Trinajstić information content (AvgIpc) is 2.02. The van der Waals surface area contributed by atoms with Gasteiger partial charge in [0.05, 0.1) is 6.04 Å². The molecule has 0 saturated carbocycles. The first-order valence-electron chi connectivity index (χ1n) is 4.52. The van der Waals surface area contributed by atoms with E-state index in [0.717, 1.165) is 6.42 Å². The monoisotopic (exact) mass is 186 g/mol. The number of hydrogen-bond donors (Lipinski definition) is 1. The Morgan fingerprint density at radius 1 is 1.23 bits per heavy atom. The number of aliphatic carboxylic acids is 1. The molecule has 2 N–H and O–H groups in total. The summed E-state index contributed by atoms with van der Waals surface area (Å²) in [6.45, 7) is 1.66. The van der Waals surface area contributed by atoms with Gasteiger partial charge >= 0.3 is 0 Å². The van der Waals surface area contributed by atoms with E-state index in [-0.39, 0.29) is 12.2 Å². The lowest BCUT2D eigenvalue weighted by Crippen LogP contribution is -2.26. The van der Waals surface area contributed by atoms with Crippen LogP contribution in [0.25, 0.3) is 0 Å². The van der Waals surface area contributed by atoms with Gasteiger partial charge in [-0.1, -0.05) is 6.42 Å². The number of ketones is 1. The Morgan fingerprint density at radius 3 is 2.23 bits per heavy atom. The lowest BCUT2D eigenvalue weighted by molar-refractivity contribution is -0.305. The second kappa shape index (κ2) is 6.60. The van der Waals surface area contributed by atoms with Crippen LogP contribution >= 0.6 is 0 Å². The van der Waals surface area contributed by atoms with E-state index in [1.165, 1.54) is 0 Å². The molecule has 1 unspecified atom stereocenters. The molecular weight excluding hydrogens is 170 g/mol. The van der Waals surface area contributed by atoms with Crippen LogP contribution in [-0.4, -0.2) is 17.8 Å². The lowest BCUT2D eigenvalue weighted by Gasteiger charge is -2.04. The first-order chi connectivity index (χ1) is 6.04. The number of unbranched alkanes of at least 4 members (excludes halogenated alkanes) is 2. The van der Waals surface area contributed by atoms with E-state index < -0.39 is 12.0 Å². The summed E-state index contributed by atoms with van der Waals surface area (Å²) in [7, 11) is 0. The number of carboxylic acids is 1. The Balaban J connectivity index is 3.26. The van der Waals surface area contributed by atoms with E-state index in [1.807, 2.05) is 0 Å². The standard InChI is InChI=1S/C9H17NO3/c1-7(10)8(11)5-3-2-4-6-9(12)13/h7H,2-6,10H2,1H3,(H,12,13)/p-1. The zero-order valence-electron chi connectivity index (χ0n) is 7.91. The molecule has 0 aliphatic heterocycles. The third kappa shape index (κ3) is 7.46. The molecule has 0 radical (unpaired) electrons. The quantitative estimate of drug-likeness (QED) is 0.548. The van der Waals surface area contributed by atoms with Crippen LogP contribution < -0.4 is 10.8 Å². The fraction of sp³-hybridized carbons (Fsp3) is 0.778. The lowest BCUT2D eigenvalue weighted by atomic mass is 10.1. The van der Waals surface area contributed by atoms with Crippen LogP contribution in [0.15, 0.2) is 0 Å². The first-order valence-corrected chi connectivity index (χ1v) is 4.52. The van der Waals surface area contributed by atoms with Crippen molar-refractivity contribution in [1.82, 2.24) is 0 Å². The molecule has 1 atom stereocenters. The smallest absolute Gasteiger partial charge is 0.149 e. The molecule has 0 bridgehead atoms. The second-order valence-electron chi connectivity index (χ2n) is 3.19. The Bertz CT molecular complexity index is 178. The maximum absolute atomic E-state index is 11.0. The molecule has 4 heteroatoms. The van der Waals surface area contributed by atoms with E-state index in [1.54, 1.807) is 6.92 Å². The van der Waals surface area contributed by atoms with Gasteiger partial charge in [-0.05, 0) is 26.2 Å². The predicted molar refractivity (Wildman–Crippen MR) is 46.7 cm³/mol. The third-order valence-electron chi connectivity index (χ3n) is 1.81. The van der Waals surface area contributed by atoms with E-state index in [2.05, 4.69) is 0 Å². The molecule has 0 aliphatic carbocycles. The largest absolute Gasteiger partial charge is 0.550 e. The molecule has 0 heterocycles. The van der Waals surface area contributed by atoms with Gasteiger partial charge in [0.1, 0.15) is 5.78 Å². The fourth-order valence-corrected chi connectivity index (χ4v) is 0.973. The number of nitrogens with two attached hydrogens (primary N) is 1. The van der Waals surface area contributed by atoms with Crippen LogP contribution in [-0.2, 0) is 9.59 Å². The van der Waals surface area contributed by atoms with Crippen LogP contribution in [0, 0.1) is 0 Å². The number of carboxylic acid groups (broad SMARTS) is 1. The molecule has 13 heavy (non-hydrogen) atoms. The molecule has 0 aromatic rings. The van der Waals surface area contributed by atoms with E-state index in [0.29, 0.717) is 19.3 Å². The fourth-order valence-electron chi connectivity index (χ4n) is 0.973. The summed E-state index contributed by atoms with van der Waals surface area (Å²) in [5.41, 5.74) is 5.35. The molecule has 0 rings (SSSR count). The zero-order chi connectivity index (χ0) is 10.3. The van der Waals surface area contributed by atoms with Crippen LogP contribution in [0.2, 0.25) is 0 Å². The highest BCUT2D eigenvalue weighted by molar-refractivity contribution is 5.83. The second-order valence-corrected chi connectivity index (χ2v) is 3.19. The highest BCUT2D eigenvalue weighted by Gasteiger charge is 2.05. The summed E-state index contributed by atoms with van der Waals surface area (Å²) in [5, 5.41) is 10.0. The van der Waals surface area contributed by atoms with Crippen molar-refractivity contribution in [3.05, 3.63) is 0 Å². The third-order valence-corrected chi connectivity index (χ3v) is 1.81. The molecule has 0 aliphatic rings. The Hall–Kier alpha value is -0.900. The summed E-state index contributed by atoms with van der Waals surface area (Å²) in [6, 6.07) is -0.402. The van der Waals surface area contributed by atoms with Gasteiger partial charge in [0.15, 0.2) is 0 Å². The summed E-state index contributed by atoms with van der Waals surface area (Å²) >= 11 is 0. The highest BCUT2D eigenvalue weighted by Crippen LogP contribution is 2.03. The summed E-state index contributed by atoms with van der Waals surface area (Å²) in [5.74, 6) is -0.994. The summed E-state index contributed by atoms with van der Waals surface area (Å²) < 4.78 is 0. The SMILES string of the molecule is CC(N)C(=O)CCCCCC(=O)[O-]. The van der Waals surface area contributed by atoms with Crippen LogP contribution in [0.1, 0.15) is 39.0 Å². The van der Waals surface area contributed by atoms with Crippen LogP contribution in [0.5, 0.6) is 0 Å². The van der Waals surface area contributed by atoms with Gasteiger partial charge in [0.25, 0.3) is 0 Å². The van der Waals surface area contributed by atoms with Crippen molar-refractivity contribution < 1.29 is 14.7 Å². The van der Waals surface area contributed by atoms with E-state index in [4.69, 9.17) is 5.73 Å². The molecule has 4 nitrogen and oxygen atoms in total. The molecule has 0 aromatic heterocycles. The van der Waals surface area contributed by atoms with Crippen molar-refractivity contribution in [2.24, 2.45) is 5.73 Å². The minimum absolute atomic E-state index is 0.0356. The Morgan fingerprint density at radius 2 is 1.77 bits per heavy atom. The topological polar surface area (TPSA) is 83.2 Å². The molecule has 0 spiro atoms. The van der Waals surface area contributed by atoms with Crippen molar-refractivity contribution in [2.45, 2.75) is 45.1 Å². The van der Waals surface area contributed by atoms with Crippen molar-refractivity contribution in [3.63, 3.8) is 0 Å². The molecule has 0 fully saturated rings. The van der Waals surface area contributed by atoms with Gasteiger partial charge in [-0.25, -0.2) is 0 Å². The minimum atomic E-state index is -1.03. The molecule has 0 amide bonds. The van der Waals surface area contributed by atoms with Crippen molar-refractivity contribution >= 4 is 11.8 Å². The Labute approximate surface area is 78.1 Å². The molecular formula is C9H16NO3-. The maximum atomic E-state index is 11.0. The van der Waals surface area contributed by atoms with Gasteiger partial charge in [-0.3, -0.25) is 4.79 Å². The maximum Gasteiger partial charge on any atom is 0.149 e. The van der Waals surface area contributed by atoms with Crippen molar-refractivity contribution in [2.75, 3.05) is 0 Å². The van der Waals surface area contributed by atoms with Crippen LogP contribution in [0.4, 0.5) is 0 Å². The Kier molecular flexibility index (Phi) is 6.14. The van der Waals surface area contributed by atoms with Crippen molar-refractivity contribution in [1.29, 1.82) is 0 Å².